The van der Waals surface area contributed by atoms with Gasteiger partial charge in [-0.1, -0.05) is 51.1 Å². The molecule has 26 heavy (non-hydrogen) atoms. The zero-order valence-electron chi connectivity index (χ0n) is 15.8. The molecule has 0 radical (unpaired) electrons. The van der Waals surface area contributed by atoms with Crippen molar-refractivity contribution >= 4 is 17.6 Å². The summed E-state index contributed by atoms with van der Waals surface area (Å²) in [6, 6.07) is 13.5. The zero-order valence-corrected chi connectivity index (χ0v) is 15.8. The smallest absolute Gasteiger partial charge is 0.339 e. The summed E-state index contributed by atoms with van der Waals surface area (Å²) in [6.45, 7) is 7.93. The predicted molar refractivity (Wildman–Crippen MR) is 103 cm³/mol. The van der Waals surface area contributed by atoms with Gasteiger partial charge in [0.1, 0.15) is 0 Å². The van der Waals surface area contributed by atoms with Crippen molar-refractivity contribution in [3.63, 3.8) is 0 Å². The molecule has 136 valence electrons. The third-order valence-electron chi connectivity index (χ3n) is 4.99. The lowest BCUT2D eigenvalue weighted by atomic mass is 9.86. The summed E-state index contributed by atoms with van der Waals surface area (Å²) in [5.41, 5.74) is 3.16. The van der Waals surface area contributed by atoms with E-state index in [2.05, 4.69) is 19.2 Å². The maximum absolute atomic E-state index is 12.9. The highest BCUT2D eigenvalue weighted by molar-refractivity contribution is 6.02. The van der Waals surface area contributed by atoms with Gasteiger partial charge < -0.3 is 10.1 Å². The Balaban J connectivity index is 1.89. The molecule has 1 aliphatic heterocycles. The number of aryl methyl sites for hydroxylation is 1. The number of carbonyl (C=O) groups excluding carboxylic acids is 2. The molecule has 1 aliphatic rings. The second kappa shape index (κ2) is 6.94. The van der Waals surface area contributed by atoms with E-state index < -0.39 is 11.6 Å². The van der Waals surface area contributed by atoms with Crippen LogP contribution in [0.3, 0.4) is 0 Å². The Bertz CT molecular complexity index is 856. The molecule has 1 atom stereocenters. The number of rotatable bonds is 4. The number of nitrogens with one attached hydrogen (secondary N) is 1. The average Bonchev–Trinajstić information content (AvgIpc) is 2.61. The quantitative estimate of drug-likeness (QED) is 0.826. The molecular formula is C22H25NO3. The van der Waals surface area contributed by atoms with Crippen LogP contribution in [0, 0.1) is 0 Å². The fourth-order valence-electron chi connectivity index (χ4n) is 3.31. The van der Waals surface area contributed by atoms with Crippen LogP contribution < -0.4 is 5.32 Å². The summed E-state index contributed by atoms with van der Waals surface area (Å²) in [6.07, 6.45) is 1.18. The monoisotopic (exact) mass is 351 g/mol. The number of esters is 1. The number of para-hydroxylation sites is 1. The van der Waals surface area contributed by atoms with Crippen LogP contribution in [-0.2, 0) is 22.4 Å². The highest BCUT2D eigenvalue weighted by atomic mass is 16.6. The SMILES string of the molecule is CCc1ccccc1NC(=O)C1(C)Cc2cc(C(C)C)ccc2C(=O)O1. The van der Waals surface area contributed by atoms with Crippen molar-refractivity contribution in [3.05, 3.63) is 64.7 Å². The second-order valence-corrected chi connectivity index (χ2v) is 7.33. The van der Waals surface area contributed by atoms with E-state index in [-0.39, 0.29) is 5.91 Å². The predicted octanol–water partition coefficient (Wildman–Crippen LogP) is 4.48. The van der Waals surface area contributed by atoms with E-state index in [9.17, 15) is 9.59 Å². The van der Waals surface area contributed by atoms with Gasteiger partial charge in [-0.25, -0.2) is 4.79 Å². The standard InChI is InChI=1S/C22H25NO3/c1-5-15-8-6-7-9-19(15)23-21(25)22(4)13-17-12-16(14(2)3)10-11-18(17)20(24)26-22/h6-12,14H,5,13H2,1-4H3,(H,23,25). The van der Waals surface area contributed by atoms with Crippen LogP contribution in [0.2, 0.25) is 0 Å². The summed E-state index contributed by atoms with van der Waals surface area (Å²) in [5, 5.41) is 2.94. The lowest BCUT2D eigenvalue weighted by Crippen LogP contribution is -2.49. The number of fused-ring (bicyclic) bond motifs is 1. The molecule has 0 fully saturated rings. The molecule has 0 spiro atoms. The number of cyclic esters (lactones) is 1. The molecule has 1 heterocycles. The van der Waals surface area contributed by atoms with Gasteiger partial charge in [0.05, 0.1) is 5.56 Å². The summed E-state index contributed by atoms with van der Waals surface area (Å²) < 4.78 is 5.56. The fourth-order valence-corrected chi connectivity index (χ4v) is 3.31. The van der Waals surface area contributed by atoms with Gasteiger partial charge in [-0.3, -0.25) is 4.79 Å². The van der Waals surface area contributed by atoms with Crippen LogP contribution in [0.5, 0.6) is 0 Å². The number of carbonyl (C=O) groups is 2. The molecule has 1 amide bonds. The van der Waals surface area contributed by atoms with Gasteiger partial charge in [-0.15, -0.1) is 0 Å². The minimum Gasteiger partial charge on any atom is -0.445 e. The minimum absolute atomic E-state index is 0.299. The van der Waals surface area contributed by atoms with Crippen molar-refractivity contribution in [2.24, 2.45) is 0 Å². The summed E-state index contributed by atoms with van der Waals surface area (Å²) in [4.78, 5) is 25.4. The van der Waals surface area contributed by atoms with Crippen molar-refractivity contribution < 1.29 is 14.3 Å². The van der Waals surface area contributed by atoms with Crippen molar-refractivity contribution in [1.29, 1.82) is 0 Å². The van der Waals surface area contributed by atoms with Crippen LogP contribution in [0.1, 0.15) is 60.7 Å². The highest BCUT2D eigenvalue weighted by Crippen LogP contribution is 2.31. The maximum Gasteiger partial charge on any atom is 0.339 e. The summed E-state index contributed by atoms with van der Waals surface area (Å²) >= 11 is 0. The Hall–Kier alpha value is -2.62. The number of benzene rings is 2. The van der Waals surface area contributed by atoms with E-state index in [1.807, 2.05) is 43.3 Å². The molecule has 1 unspecified atom stereocenters. The fraction of sp³-hybridized carbons (Fsp3) is 0.364. The first-order chi connectivity index (χ1) is 12.3. The Kier molecular flexibility index (Phi) is 4.86. The van der Waals surface area contributed by atoms with Gasteiger partial charge in [-0.2, -0.15) is 0 Å². The lowest BCUT2D eigenvalue weighted by molar-refractivity contribution is -0.134. The van der Waals surface area contributed by atoms with Crippen LogP contribution in [0.25, 0.3) is 0 Å². The number of ether oxygens (including phenoxy) is 1. The first-order valence-corrected chi connectivity index (χ1v) is 9.09. The molecule has 3 rings (SSSR count). The topological polar surface area (TPSA) is 55.4 Å². The van der Waals surface area contributed by atoms with Gasteiger partial charge in [0.15, 0.2) is 5.60 Å². The Morgan fingerprint density at radius 1 is 1.23 bits per heavy atom. The van der Waals surface area contributed by atoms with Gasteiger partial charge in [-0.05, 0) is 48.1 Å². The largest absolute Gasteiger partial charge is 0.445 e. The van der Waals surface area contributed by atoms with E-state index in [0.29, 0.717) is 17.9 Å². The molecular weight excluding hydrogens is 326 g/mol. The van der Waals surface area contributed by atoms with Crippen LogP contribution in [0.15, 0.2) is 42.5 Å². The van der Waals surface area contributed by atoms with Crippen molar-refractivity contribution in [2.45, 2.75) is 52.1 Å². The second-order valence-electron chi connectivity index (χ2n) is 7.33. The van der Waals surface area contributed by atoms with Gasteiger partial charge in [0.25, 0.3) is 5.91 Å². The highest BCUT2D eigenvalue weighted by Gasteiger charge is 2.43. The normalized spacial score (nSPS) is 19.0. The van der Waals surface area contributed by atoms with Crippen LogP contribution in [0.4, 0.5) is 5.69 Å². The molecule has 1 N–H and O–H groups in total. The Morgan fingerprint density at radius 2 is 1.96 bits per heavy atom. The van der Waals surface area contributed by atoms with E-state index in [1.165, 1.54) is 0 Å². The van der Waals surface area contributed by atoms with Crippen LogP contribution >= 0.6 is 0 Å². The molecule has 2 aromatic rings. The molecule has 2 aromatic carbocycles. The lowest BCUT2D eigenvalue weighted by Gasteiger charge is -2.33. The van der Waals surface area contributed by atoms with E-state index in [1.54, 1.807) is 13.0 Å². The van der Waals surface area contributed by atoms with E-state index >= 15 is 0 Å². The Labute approximate surface area is 154 Å². The molecule has 0 bridgehead atoms. The minimum atomic E-state index is -1.22. The molecule has 0 aliphatic carbocycles. The molecule has 4 heteroatoms. The van der Waals surface area contributed by atoms with E-state index in [4.69, 9.17) is 4.74 Å². The number of hydrogen-bond donors (Lipinski definition) is 1. The number of anilines is 1. The molecule has 0 saturated heterocycles. The third-order valence-corrected chi connectivity index (χ3v) is 4.99. The molecule has 0 aromatic heterocycles. The average molecular weight is 351 g/mol. The van der Waals surface area contributed by atoms with Crippen molar-refractivity contribution in [1.82, 2.24) is 0 Å². The van der Waals surface area contributed by atoms with Crippen LogP contribution in [-0.4, -0.2) is 17.5 Å². The van der Waals surface area contributed by atoms with Crippen molar-refractivity contribution in [3.8, 4) is 0 Å². The zero-order chi connectivity index (χ0) is 18.9. The Morgan fingerprint density at radius 3 is 2.65 bits per heavy atom. The molecule has 4 nitrogen and oxygen atoms in total. The van der Waals surface area contributed by atoms with E-state index in [0.717, 1.165) is 28.8 Å². The summed E-state index contributed by atoms with van der Waals surface area (Å²) in [5.74, 6) is -0.384. The first-order valence-electron chi connectivity index (χ1n) is 9.09. The molecule has 0 saturated carbocycles. The number of amides is 1. The maximum atomic E-state index is 12.9. The third kappa shape index (κ3) is 3.36. The number of hydrogen-bond acceptors (Lipinski definition) is 3. The van der Waals surface area contributed by atoms with Gasteiger partial charge in [0, 0.05) is 12.1 Å². The summed E-state index contributed by atoms with van der Waals surface area (Å²) in [7, 11) is 0. The van der Waals surface area contributed by atoms with Gasteiger partial charge in [0.2, 0.25) is 0 Å². The first kappa shape index (κ1) is 18.2. The van der Waals surface area contributed by atoms with Gasteiger partial charge >= 0.3 is 5.97 Å². The van der Waals surface area contributed by atoms with Crippen molar-refractivity contribution in [2.75, 3.05) is 5.32 Å².